The van der Waals surface area contributed by atoms with Gasteiger partial charge in [0.25, 0.3) is 11.8 Å². The average Bonchev–Trinajstić information content (AvgIpc) is 3.42. The molecule has 0 bridgehead atoms. The molecule has 0 aliphatic carbocycles. The number of nitrogens with one attached hydrogen (secondary N) is 2. The highest BCUT2D eigenvalue weighted by atomic mass is 35.5. The van der Waals surface area contributed by atoms with Crippen LogP contribution in [0.25, 0.3) is 22.0 Å². The molecule has 2 heterocycles. The second-order valence-electron chi connectivity index (χ2n) is 5.93. The van der Waals surface area contributed by atoms with E-state index in [4.69, 9.17) is 16.0 Å². The van der Waals surface area contributed by atoms with Gasteiger partial charge in [0.1, 0.15) is 4.88 Å². The Morgan fingerprint density at radius 1 is 0.897 bits per heavy atom. The Morgan fingerprint density at radius 3 is 2.34 bits per heavy atom. The molecule has 2 amide bonds. The van der Waals surface area contributed by atoms with Gasteiger partial charge >= 0.3 is 0 Å². The first-order valence-electron chi connectivity index (χ1n) is 8.59. The lowest BCUT2D eigenvalue weighted by molar-refractivity contribution is 0.0849. The minimum atomic E-state index is -0.513. The Kier molecular flexibility index (Phi) is 5.41. The highest BCUT2D eigenvalue weighted by Crippen LogP contribution is 2.34. The number of rotatable bonds is 4. The van der Waals surface area contributed by atoms with Gasteiger partial charge in [-0.1, -0.05) is 54.1 Å². The van der Waals surface area contributed by atoms with E-state index in [1.165, 1.54) is 11.3 Å². The smallest absolute Gasteiger partial charge is 0.282 e. The zero-order chi connectivity index (χ0) is 20.2. The summed E-state index contributed by atoms with van der Waals surface area (Å²) in [5.74, 6) is -0.438. The molecule has 6 nitrogen and oxygen atoms in total. The van der Waals surface area contributed by atoms with Crippen LogP contribution in [0.5, 0.6) is 0 Å². The topological polar surface area (TPSA) is 84.2 Å². The molecule has 2 N–H and O–H groups in total. The van der Waals surface area contributed by atoms with Gasteiger partial charge in [0.2, 0.25) is 0 Å². The maximum absolute atomic E-state index is 12.8. The molecule has 0 aliphatic rings. The van der Waals surface area contributed by atoms with Crippen LogP contribution in [0.4, 0.5) is 0 Å². The highest BCUT2D eigenvalue weighted by molar-refractivity contribution is 7.17. The largest absolute Gasteiger partial charge is 0.462 e. The minimum absolute atomic E-state index is 0.262. The predicted octanol–water partition coefficient (Wildman–Crippen LogP) is 4.80. The number of hydrogen-bond donors (Lipinski definition) is 2. The summed E-state index contributed by atoms with van der Waals surface area (Å²) in [6, 6.07) is 19.4. The molecular formula is C21H14ClN3O3S. The van der Waals surface area contributed by atoms with Crippen molar-refractivity contribution >= 4 is 34.8 Å². The summed E-state index contributed by atoms with van der Waals surface area (Å²) in [6.45, 7) is 0. The van der Waals surface area contributed by atoms with Crippen LogP contribution >= 0.6 is 22.9 Å². The Bertz CT molecular complexity index is 1160. The molecule has 4 aromatic rings. The number of aromatic nitrogens is 1. The van der Waals surface area contributed by atoms with Crippen molar-refractivity contribution in [2.75, 3.05) is 0 Å². The van der Waals surface area contributed by atoms with Crippen molar-refractivity contribution in [3.05, 3.63) is 88.5 Å². The molecule has 0 saturated carbocycles. The molecule has 2 aromatic heterocycles. The summed E-state index contributed by atoms with van der Waals surface area (Å²) in [6.07, 6.45) is 1.54. The number of thiazole rings is 1. The second kappa shape index (κ2) is 8.30. The first-order valence-corrected chi connectivity index (χ1v) is 9.78. The number of carbonyl (C=O) groups is 2. The van der Waals surface area contributed by atoms with Crippen LogP contribution < -0.4 is 10.9 Å². The molecule has 144 valence electrons. The summed E-state index contributed by atoms with van der Waals surface area (Å²) >= 11 is 7.20. The highest BCUT2D eigenvalue weighted by Gasteiger charge is 2.22. The van der Waals surface area contributed by atoms with Crippen LogP contribution in [-0.4, -0.2) is 16.8 Å². The van der Waals surface area contributed by atoms with Gasteiger partial charge in [-0.3, -0.25) is 20.4 Å². The van der Waals surface area contributed by atoms with Crippen molar-refractivity contribution in [3.63, 3.8) is 0 Å². The van der Waals surface area contributed by atoms with Gasteiger partial charge in [0, 0.05) is 5.56 Å². The third-order valence-corrected chi connectivity index (χ3v) is 5.42. The summed E-state index contributed by atoms with van der Waals surface area (Å²) in [5, 5.41) is 0.860. The lowest BCUT2D eigenvalue weighted by atomic mass is 10.1. The summed E-state index contributed by atoms with van der Waals surface area (Å²) in [5.41, 5.74) is 6.38. The van der Waals surface area contributed by atoms with Gasteiger partial charge in [-0.2, -0.15) is 0 Å². The molecule has 0 aliphatic heterocycles. The average molecular weight is 424 g/mol. The van der Waals surface area contributed by atoms with Crippen molar-refractivity contribution < 1.29 is 14.0 Å². The zero-order valence-corrected chi connectivity index (χ0v) is 16.5. The van der Waals surface area contributed by atoms with E-state index in [1.54, 1.807) is 42.7 Å². The molecule has 4 rings (SSSR count). The molecule has 0 atom stereocenters. The monoisotopic (exact) mass is 423 g/mol. The number of carbonyl (C=O) groups excluding carboxylic acids is 2. The fourth-order valence-electron chi connectivity index (χ4n) is 2.65. The fourth-order valence-corrected chi connectivity index (χ4v) is 3.83. The fraction of sp³-hybridized carbons (Fsp3) is 0. The molecular weight excluding hydrogens is 410 g/mol. The van der Waals surface area contributed by atoms with Gasteiger partial charge in [0.15, 0.2) is 10.8 Å². The van der Waals surface area contributed by atoms with Crippen molar-refractivity contribution in [2.45, 2.75) is 0 Å². The van der Waals surface area contributed by atoms with E-state index in [9.17, 15) is 9.59 Å². The van der Waals surface area contributed by atoms with E-state index >= 15 is 0 Å². The number of hydrogen-bond acceptors (Lipinski definition) is 5. The maximum atomic E-state index is 12.8. The van der Waals surface area contributed by atoms with E-state index in [-0.39, 0.29) is 5.56 Å². The second-order valence-corrected chi connectivity index (χ2v) is 7.33. The van der Waals surface area contributed by atoms with Crippen LogP contribution in [-0.2, 0) is 0 Å². The van der Waals surface area contributed by atoms with Crippen LogP contribution in [0.1, 0.15) is 20.0 Å². The van der Waals surface area contributed by atoms with Crippen molar-refractivity contribution in [1.29, 1.82) is 0 Å². The predicted molar refractivity (Wildman–Crippen MR) is 112 cm³/mol. The molecule has 0 saturated heterocycles. The quantitative estimate of drug-likeness (QED) is 0.462. The first kappa shape index (κ1) is 18.9. The minimum Gasteiger partial charge on any atom is -0.462 e. The maximum Gasteiger partial charge on any atom is 0.282 e. The Balaban J connectivity index is 1.60. The third kappa shape index (κ3) is 4.06. The van der Waals surface area contributed by atoms with Crippen molar-refractivity contribution in [3.8, 4) is 22.0 Å². The lowest BCUT2D eigenvalue weighted by Gasteiger charge is -2.08. The van der Waals surface area contributed by atoms with Gasteiger partial charge in [-0.05, 0) is 24.3 Å². The molecule has 0 radical (unpaired) electrons. The van der Waals surface area contributed by atoms with Crippen LogP contribution in [0, 0.1) is 0 Å². The molecule has 0 spiro atoms. The summed E-state index contributed by atoms with van der Waals surface area (Å²) < 4.78 is 5.40. The summed E-state index contributed by atoms with van der Waals surface area (Å²) in [7, 11) is 0. The first-order chi connectivity index (χ1) is 14.1. The molecule has 8 heteroatoms. The normalized spacial score (nSPS) is 10.5. The Morgan fingerprint density at radius 2 is 1.62 bits per heavy atom. The standard InChI is InChI=1S/C21H14ClN3O3S/c22-15-10-5-4-9-14(15)19(26)24-25-20(27)18-17(13-7-2-1-3-8-13)23-21(29-18)16-11-6-12-28-16/h1-12H,(H,24,26)(H,25,27). The number of benzene rings is 2. The molecule has 29 heavy (non-hydrogen) atoms. The van der Waals surface area contributed by atoms with E-state index in [2.05, 4.69) is 15.8 Å². The van der Waals surface area contributed by atoms with Gasteiger partial charge in [-0.25, -0.2) is 4.98 Å². The van der Waals surface area contributed by atoms with Crippen LogP contribution in [0.15, 0.2) is 77.4 Å². The van der Waals surface area contributed by atoms with Crippen LogP contribution in [0.3, 0.4) is 0 Å². The number of halogens is 1. The SMILES string of the molecule is O=C(NNC(=O)c1sc(-c2ccco2)nc1-c1ccccc1)c1ccccc1Cl. The number of amides is 2. The van der Waals surface area contributed by atoms with Crippen molar-refractivity contribution in [1.82, 2.24) is 15.8 Å². The summed E-state index contributed by atoms with van der Waals surface area (Å²) in [4.78, 5) is 30.1. The lowest BCUT2D eigenvalue weighted by Crippen LogP contribution is -2.41. The van der Waals surface area contributed by atoms with Gasteiger partial charge in [0.05, 0.1) is 22.5 Å². The number of hydrazine groups is 1. The van der Waals surface area contributed by atoms with Crippen LogP contribution in [0.2, 0.25) is 5.02 Å². The number of furan rings is 1. The molecule has 2 aromatic carbocycles. The number of nitrogens with zero attached hydrogens (tertiary/aromatic N) is 1. The van der Waals surface area contributed by atoms with E-state index in [0.717, 1.165) is 5.56 Å². The van der Waals surface area contributed by atoms with E-state index in [1.807, 2.05) is 30.3 Å². The Labute approximate surface area is 175 Å². The van der Waals surface area contributed by atoms with Crippen molar-refractivity contribution in [2.24, 2.45) is 0 Å². The molecule has 0 unspecified atom stereocenters. The van der Waals surface area contributed by atoms with E-state index < -0.39 is 11.8 Å². The third-order valence-electron chi connectivity index (χ3n) is 4.02. The van der Waals surface area contributed by atoms with E-state index in [0.29, 0.717) is 26.4 Å². The van der Waals surface area contributed by atoms with Gasteiger partial charge < -0.3 is 4.42 Å². The zero-order valence-electron chi connectivity index (χ0n) is 14.9. The van der Waals surface area contributed by atoms with Gasteiger partial charge in [-0.15, -0.1) is 11.3 Å². The molecule has 0 fully saturated rings. The Hall–Kier alpha value is -3.42.